The number of rotatable bonds is 10. The monoisotopic (exact) mass is 598 g/mol. The smallest absolute Gasteiger partial charge is 0.380 e. The van der Waals surface area contributed by atoms with Gasteiger partial charge in [-0.2, -0.15) is 13.2 Å². The molecular formula is C26H26ClF3N4O3S2. The van der Waals surface area contributed by atoms with Crippen molar-refractivity contribution in [2.24, 2.45) is 0 Å². The zero-order chi connectivity index (χ0) is 28.2. The Kier molecular flexibility index (Phi) is 8.87. The molecule has 7 nitrogen and oxygen atoms in total. The lowest BCUT2D eigenvalue weighted by atomic mass is 10.1. The number of nitrogens with zero attached hydrogens (tertiary/aromatic N) is 2. The summed E-state index contributed by atoms with van der Waals surface area (Å²) < 4.78 is 64.3. The van der Waals surface area contributed by atoms with Gasteiger partial charge in [0.1, 0.15) is 10.0 Å². The van der Waals surface area contributed by atoms with Crippen LogP contribution in [0.5, 0.6) is 0 Å². The molecule has 1 aromatic carbocycles. The van der Waals surface area contributed by atoms with E-state index in [1.807, 2.05) is 6.07 Å². The van der Waals surface area contributed by atoms with Crippen molar-refractivity contribution in [3.8, 4) is 11.3 Å². The third kappa shape index (κ3) is 7.52. The molecular weight excluding hydrogens is 573 g/mol. The Labute approximate surface area is 233 Å². The summed E-state index contributed by atoms with van der Waals surface area (Å²) in [4.78, 5) is 19.4. The van der Waals surface area contributed by atoms with Gasteiger partial charge in [-0.25, -0.2) is 13.4 Å². The van der Waals surface area contributed by atoms with Crippen LogP contribution in [0.1, 0.15) is 24.0 Å². The molecule has 3 heterocycles. The van der Waals surface area contributed by atoms with Crippen molar-refractivity contribution in [1.29, 1.82) is 0 Å². The predicted molar refractivity (Wildman–Crippen MR) is 146 cm³/mol. The summed E-state index contributed by atoms with van der Waals surface area (Å²) in [5.41, 5.74) is 0.989. The van der Waals surface area contributed by atoms with E-state index in [0.717, 1.165) is 49.4 Å². The number of hydrogen-bond acceptors (Lipinski definition) is 7. The lowest BCUT2D eigenvalue weighted by Crippen LogP contribution is -2.33. The molecule has 2 N–H and O–H groups in total. The fraction of sp³-hybridized carbons (Fsp3) is 0.308. The summed E-state index contributed by atoms with van der Waals surface area (Å²) in [6.45, 7) is 5.42. The largest absolute Gasteiger partial charge is 0.416 e. The summed E-state index contributed by atoms with van der Waals surface area (Å²) in [6.07, 6.45) is -2.41. The van der Waals surface area contributed by atoms with Gasteiger partial charge in [0.15, 0.2) is 9.84 Å². The molecule has 0 aliphatic carbocycles. The van der Waals surface area contributed by atoms with E-state index < -0.39 is 27.5 Å². The molecule has 1 amide bonds. The predicted octanol–water partition coefficient (Wildman–Crippen LogP) is 5.28. The Balaban J connectivity index is 1.41. The van der Waals surface area contributed by atoms with Crippen LogP contribution in [-0.4, -0.2) is 44.7 Å². The molecule has 3 aromatic rings. The van der Waals surface area contributed by atoms with Crippen molar-refractivity contribution in [2.75, 3.05) is 30.3 Å². The molecule has 0 saturated carbocycles. The van der Waals surface area contributed by atoms with Gasteiger partial charge in [-0.3, -0.25) is 4.79 Å². The average Bonchev–Trinajstić information content (AvgIpc) is 3.59. The summed E-state index contributed by atoms with van der Waals surface area (Å²) in [5, 5.41) is 5.48. The number of benzene rings is 1. The number of amides is 1. The molecule has 39 heavy (non-hydrogen) atoms. The number of alkyl halides is 3. The van der Waals surface area contributed by atoms with Crippen LogP contribution >= 0.6 is 22.9 Å². The highest BCUT2D eigenvalue weighted by atomic mass is 35.5. The molecule has 0 radical (unpaired) electrons. The fourth-order valence-electron chi connectivity index (χ4n) is 4.03. The number of anilines is 1. The van der Waals surface area contributed by atoms with E-state index in [4.69, 9.17) is 11.6 Å². The first-order valence-corrected chi connectivity index (χ1v) is 14.9. The topological polar surface area (TPSA) is 91.4 Å². The van der Waals surface area contributed by atoms with Crippen LogP contribution < -0.4 is 15.5 Å². The lowest BCUT2D eigenvalue weighted by Gasteiger charge is -2.19. The molecule has 1 aliphatic heterocycles. The quantitative estimate of drug-likeness (QED) is 0.309. The Hall–Kier alpha value is -3.09. The fourth-order valence-corrected chi connectivity index (χ4v) is 6.82. The first-order valence-electron chi connectivity index (χ1n) is 12.0. The summed E-state index contributed by atoms with van der Waals surface area (Å²) >= 11 is 6.78. The maximum Gasteiger partial charge on any atom is 0.416 e. The van der Waals surface area contributed by atoms with Crippen LogP contribution in [-0.2, 0) is 27.4 Å². The summed E-state index contributed by atoms with van der Waals surface area (Å²) in [7, 11) is -3.55. The first kappa shape index (κ1) is 28.9. The first-order chi connectivity index (χ1) is 18.4. The van der Waals surface area contributed by atoms with Gasteiger partial charge < -0.3 is 15.5 Å². The molecule has 2 aromatic heterocycles. The minimum absolute atomic E-state index is 0.00574. The van der Waals surface area contributed by atoms with Gasteiger partial charge in [0.25, 0.3) is 5.91 Å². The highest BCUT2D eigenvalue weighted by molar-refractivity contribution is 7.93. The SMILES string of the molecule is C=C(NCCS(=O)(=O)c1ccc(Cl)s1)C(=O)NCc1cc(-c2ccc(C(F)(F)F)cc2)nc(N2CCCC2)c1. The van der Waals surface area contributed by atoms with E-state index in [2.05, 4.69) is 27.1 Å². The summed E-state index contributed by atoms with van der Waals surface area (Å²) in [5.74, 6) is -0.0666. The van der Waals surface area contributed by atoms with Crippen LogP contribution in [0, 0.1) is 0 Å². The molecule has 1 saturated heterocycles. The third-order valence-corrected chi connectivity index (χ3v) is 9.63. The Morgan fingerprint density at radius 1 is 1.08 bits per heavy atom. The van der Waals surface area contributed by atoms with Crippen LogP contribution in [0.3, 0.4) is 0 Å². The zero-order valence-electron chi connectivity index (χ0n) is 20.7. The van der Waals surface area contributed by atoms with E-state index in [9.17, 15) is 26.4 Å². The molecule has 0 spiro atoms. The van der Waals surface area contributed by atoms with E-state index in [1.165, 1.54) is 24.3 Å². The number of carbonyl (C=O) groups excluding carboxylic acids is 1. The van der Waals surface area contributed by atoms with Gasteiger partial charge in [-0.15, -0.1) is 11.3 Å². The number of carbonyl (C=O) groups is 1. The molecule has 0 atom stereocenters. The van der Waals surface area contributed by atoms with E-state index in [-0.39, 0.29) is 28.7 Å². The molecule has 1 fully saturated rings. The molecule has 208 valence electrons. The second kappa shape index (κ2) is 12.0. The number of thiophene rings is 1. The highest BCUT2D eigenvalue weighted by Gasteiger charge is 2.30. The van der Waals surface area contributed by atoms with Crippen molar-refractivity contribution >= 4 is 44.5 Å². The van der Waals surface area contributed by atoms with E-state index in [0.29, 0.717) is 27.0 Å². The van der Waals surface area contributed by atoms with Crippen LogP contribution in [0.4, 0.5) is 19.0 Å². The molecule has 1 aliphatic rings. The molecule has 0 bridgehead atoms. The van der Waals surface area contributed by atoms with Crippen molar-refractivity contribution in [2.45, 2.75) is 29.8 Å². The lowest BCUT2D eigenvalue weighted by molar-refractivity contribution is -0.137. The Bertz CT molecular complexity index is 1450. The van der Waals surface area contributed by atoms with Gasteiger partial charge in [0.05, 0.1) is 27.0 Å². The van der Waals surface area contributed by atoms with Gasteiger partial charge in [0, 0.05) is 31.7 Å². The molecule has 13 heteroatoms. The van der Waals surface area contributed by atoms with Gasteiger partial charge in [0.2, 0.25) is 0 Å². The number of nitrogens with one attached hydrogen (secondary N) is 2. The van der Waals surface area contributed by atoms with Crippen LogP contribution in [0.15, 0.2) is 65.0 Å². The van der Waals surface area contributed by atoms with E-state index in [1.54, 1.807) is 6.07 Å². The zero-order valence-corrected chi connectivity index (χ0v) is 23.1. The number of aromatic nitrogens is 1. The number of hydrogen-bond donors (Lipinski definition) is 2. The number of pyridine rings is 1. The standard InChI is InChI=1S/C26H26ClF3N4O3S2/c1-17(31-10-13-39(36,37)24-9-8-22(27)38-24)25(35)32-16-18-14-21(33-23(15-18)34-11-2-3-12-34)19-4-6-20(7-5-19)26(28,29)30/h4-9,14-15,31H,1-3,10-13,16H2,(H,32,35). The van der Waals surface area contributed by atoms with Crippen molar-refractivity contribution in [3.05, 3.63) is 76.3 Å². The minimum atomic E-state index is -4.43. The molecule has 0 unspecified atom stereocenters. The van der Waals surface area contributed by atoms with Crippen LogP contribution in [0.2, 0.25) is 4.34 Å². The number of halogens is 4. The number of sulfone groups is 1. The van der Waals surface area contributed by atoms with Gasteiger partial charge >= 0.3 is 6.18 Å². The maximum atomic E-state index is 13.0. The van der Waals surface area contributed by atoms with Gasteiger partial charge in [-0.1, -0.05) is 30.3 Å². The maximum absolute atomic E-state index is 13.0. The molecule has 4 rings (SSSR count). The summed E-state index contributed by atoms with van der Waals surface area (Å²) in [6, 6.07) is 11.3. The highest BCUT2D eigenvalue weighted by Crippen LogP contribution is 2.32. The second-order valence-corrected chi connectivity index (χ2v) is 13.0. The Morgan fingerprint density at radius 3 is 2.38 bits per heavy atom. The van der Waals surface area contributed by atoms with Crippen LogP contribution in [0.25, 0.3) is 11.3 Å². The third-order valence-electron chi connectivity index (χ3n) is 6.10. The average molecular weight is 599 g/mol. The Morgan fingerprint density at radius 2 is 1.77 bits per heavy atom. The van der Waals surface area contributed by atoms with E-state index >= 15 is 0 Å². The normalized spacial score (nSPS) is 13.9. The van der Waals surface area contributed by atoms with Crippen molar-refractivity contribution in [1.82, 2.24) is 15.6 Å². The second-order valence-electron chi connectivity index (χ2n) is 8.95. The minimum Gasteiger partial charge on any atom is -0.380 e. The van der Waals surface area contributed by atoms with Gasteiger partial charge in [-0.05, 0) is 54.8 Å². The van der Waals surface area contributed by atoms with Crippen molar-refractivity contribution in [3.63, 3.8) is 0 Å². The van der Waals surface area contributed by atoms with Crippen molar-refractivity contribution < 1.29 is 26.4 Å².